The third-order valence-corrected chi connectivity index (χ3v) is 5.21. The molecule has 0 saturated carbocycles. The van der Waals surface area contributed by atoms with E-state index in [0.29, 0.717) is 11.5 Å². The standard InChI is InChI=1S/C18H19N3O4S/c1-12-5-4-10-19-16(12)17-20-25-13(2)18(22)21(17)11-14-6-8-15(9-7-14)26(3,23)24/h4-10,13H,11H2,1-3H3. The normalized spacial score (nSPS) is 17.7. The van der Waals surface area contributed by atoms with Gasteiger partial charge in [-0.1, -0.05) is 23.4 Å². The van der Waals surface area contributed by atoms with Crippen LogP contribution in [0.25, 0.3) is 0 Å². The van der Waals surface area contributed by atoms with Crippen LogP contribution in [0.3, 0.4) is 0 Å². The molecule has 2 heterocycles. The highest BCUT2D eigenvalue weighted by atomic mass is 32.2. The number of sulfone groups is 1. The van der Waals surface area contributed by atoms with Crippen molar-refractivity contribution in [3.8, 4) is 0 Å². The fraction of sp³-hybridized carbons (Fsp3) is 0.278. The Kier molecular flexibility index (Phi) is 4.78. The summed E-state index contributed by atoms with van der Waals surface area (Å²) in [4.78, 5) is 23.9. The molecule has 1 aromatic heterocycles. The average Bonchev–Trinajstić information content (AvgIpc) is 2.60. The van der Waals surface area contributed by atoms with Crippen molar-refractivity contribution >= 4 is 21.6 Å². The summed E-state index contributed by atoms with van der Waals surface area (Å²) >= 11 is 0. The highest BCUT2D eigenvalue weighted by Gasteiger charge is 2.33. The van der Waals surface area contributed by atoms with Crippen molar-refractivity contribution in [1.82, 2.24) is 9.88 Å². The average molecular weight is 373 g/mol. The highest BCUT2D eigenvalue weighted by Crippen LogP contribution is 2.20. The second-order valence-electron chi connectivity index (χ2n) is 6.17. The van der Waals surface area contributed by atoms with Gasteiger partial charge in [-0.05, 0) is 43.2 Å². The lowest BCUT2D eigenvalue weighted by molar-refractivity contribution is -0.142. The van der Waals surface area contributed by atoms with Gasteiger partial charge in [-0.2, -0.15) is 0 Å². The van der Waals surface area contributed by atoms with Gasteiger partial charge in [0.1, 0.15) is 5.69 Å². The zero-order chi connectivity index (χ0) is 18.9. The van der Waals surface area contributed by atoms with Crippen LogP contribution in [0.15, 0.2) is 52.6 Å². The quantitative estimate of drug-likeness (QED) is 0.817. The van der Waals surface area contributed by atoms with E-state index in [1.807, 2.05) is 19.1 Å². The van der Waals surface area contributed by atoms with Gasteiger partial charge < -0.3 is 4.84 Å². The monoisotopic (exact) mass is 373 g/mol. The van der Waals surface area contributed by atoms with Crippen LogP contribution >= 0.6 is 0 Å². The molecule has 2 aromatic rings. The molecule has 1 atom stereocenters. The van der Waals surface area contributed by atoms with Gasteiger partial charge >= 0.3 is 0 Å². The Bertz CT molecular complexity index is 968. The maximum absolute atomic E-state index is 12.6. The fourth-order valence-electron chi connectivity index (χ4n) is 2.62. The van der Waals surface area contributed by atoms with Crippen molar-refractivity contribution in [3.05, 3.63) is 59.4 Å². The summed E-state index contributed by atoms with van der Waals surface area (Å²) in [6.07, 6.45) is 2.09. The Morgan fingerprint density at radius 2 is 1.88 bits per heavy atom. The maximum atomic E-state index is 12.6. The van der Waals surface area contributed by atoms with Crippen molar-refractivity contribution in [2.45, 2.75) is 31.4 Å². The molecule has 0 saturated heterocycles. The Morgan fingerprint density at radius 3 is 2.50 bits per heavy atom. The van der Waals surface area contributed by atoms with Crippen LogP contribution in [0.5, 0.6) is 0 Å². The van der Waals surface area contributed by atoms with E-state index in [0.717, 1.165) is 17.4 Å². The van der Waals surface area contributed by atoms with E-state index in [1.54, 1.807) is 25.3 Å². The van der Waals surface area contributed by atoms with Gasteiger partial charge in [0, 0.05) is 12.5 Å². The number of amides is 1. The number of pyridine rings is 1. The molecule has 1 aliphatic rings. The van der Waals surface area contributed by atoms with Gasteiger partial charge in [0.15, 0.2) is 9.84 Å². The Labute approximate surface area is 152 Å². The van der Waals surface area contributed by atoms with Gasteiger partial charge in [0.2, 0.25) is 11.9 Å². The van der Waals surface area contributed by atoms with Crippen LogP contribution in [0.2, 0.25) is 0 Å². The summed E-state index contributed by atoms with van der Waals surface area (Å²) in [6, 6.07) is 10.1. The number of hydrogen-bond donors (Lipinski definition) is 0. The van der Waals surface area contributed by atoms with E-state index in [-0.39, 0.29) is 17.3 Å². The van der Waals surface area contributed by atoms with Crippen LogP contribution in [0, 0.1) is 6.92 Å². The third-order valence-electron chi connectivity index (χ3n) is 4.08. The number of hydrogen-bond acceptors (Lipinski definition) is 6. The number of rotatable bonds is 4. The lowest BCUT2D eigenvalue weighted by Crippen LogP contribution is -2.46. The van der Waals surface area contributed by atoms with Crippen LogP contribution in [-0.4, -0.2) is 42.4 Å². The van der Waals surface area contributed by atoms with Crippen LogP contribution in [0.4, 0.5) is 0 Å². The molecule has 1 unspecified atom stereocenters. The van der Waals surface area contributed by atoms with E-state index in [2.05, 4.69) is 10.1 Å². The SMILES string of the molecule is Cc1cccnc1C1=NOC(C)C(=O)N1Cc1ccc(S(C)(=O)=O)cc1. The number of aromatic nitrogens is 1. The van der Waals surface area contributed by atoms with Gasteiger partial charge in [-0.25, -0.2) is 8.42 Å². The molecule has 7 nitrogen and oxygen atoms in total. The van der Waals surface area contributed by atoms with Gasteiger partial charge in [-0.3, -0.25) is 14.7 Å². The molecule has 8 heteroatoms. The second-order valence-corrected chi connectivity index (χ2v) is 8.19. The first-order valence-electron chi connectivity index (χ1n) is 8.03. The molecular weight excluding hydrogens is 354 g/mol. The smallest absolute Gasteiger partial charge is 0.272 e. The van der Waals surface area contributed by atoms with Gasteiger partial charge in [0.25, 0.3) is 5.91 Å². The molecule has 0 fully saturated rings. The van der Waals surface area contributed by atoms with Crippen molar-refractivity contribution in [3.63, 3.8) is 0 Å². The first kappa shape index (κ1) is 18.1. The van der Waals surface area contributed by atoms with E-state index < -0.39 is 15.9 Å². The maximum Gasteiger partial charge on any atom is 0.272 e. The largest absolute Gasteiger partial charge is 0.381 e. The zero-order valence-corrected chi connectivity index (χ0v) is 15.5. The minimum absolute atomic E-state index is 0.229. The molecule has 1 aliphatic heterocycles. The highest BCUT2D eigenvalue weighted by molar-refractivity contribution is 7.90. The van der Waals surface area contributed by atoms with E-state index in [1.165, 1.54) is 17.0 Å². The number of benzene rings is 1. The molecule has 136 valence electrons. The number of carbonyl (C=O) groups excluding carboxylic acids is 1. The third kappa shape index (κ3) is 3.60. The lowest BCUT2D eigenvalue weighted by atomic mass is 10.1. The van der Waals surface area contributed by atoms with Crippen molar-refractivity contribution < 1.29 is 18.0 Å². The Balaban J connectivity index is 1.95. The molecule has 26 heavy (non-hydrogen) atoms. The number of carbonyl (C=O) groups is 1. The minimum Gasteiger partial charge on any atom is -0.381 e. The predicted molar refractivity (Wildman–Crippen MR) is 96.2 cm³/mol. The van der Waals surface area contributed by atoms with Gasteiger partial charge in [0.05, 0.1) is 11.4 Å². The van der Waals surface area contributed by atoms with E-state index >= 15 is 0 Å². The summed E-state index contributed by atoms with van der Waals surface area (Å²) < 4.78 is 23.2. The summed E-state index contributed by atoms with van der Waals surface area (Å²) in [6.45, 7) is 3.76. The molecular formula is C18H19N3O4S. The Morgan fingerprint density at radius 1 is 1.19 bits per heavy atom. The molecule has 0 spiro atoms. The van der Waals surface area contributed by atoms with Crippen LogP contribution in [-0.2, 0) is 26.0 Å². The van der Waals surface area contributed by atoms with Crippen molar-refractivity contribution in [1.29, 1.82) is 0 Å². The zero-order valence-electron chi connectivity index (χ0n) is 14.7. The molecule has 0 N–H and O–H groups in total. The first-order valence-corrected chi connectivity index (χ1v) is 9.92. The summed E-state index contributed by atoms with van der Waals surface area (Å²) in [7, 11) is -3.27. The molecule has 0 aliphatic carbocycles. The molecule has 0 bridgehead atoms. The molecule has 1 aromatic carbocycles. The lowest BCUT2D eigenvalue weighted by Gasteiger charge is -2.30. The van der Waals surface area contributed by atoms with Crippen molar-refractivity contribution in [2.75, 3.05) is 6.26 Å². The van der Waals surface area contributed by atoms with Crippen LogP contribution < -0.4 is 0 Å². The summed E-state index contributed by atoms with van der Waals surface area (Å²) in [5.74, 6) is 0.116. The molecule has 0 radical (unpaired) electrons. The molecule has 1 amide bonds. The number of oxime groups is 1. The minimum atomic E-state index is -3.27. The van der Waals surface area contributed by atoms with Gasteiger partial charge in [-0.15, -0.1) is 0 Å². The number of amidine groups is 1. The molecule has 3 rings (SSSR count). The van der Waals surface area contributed by atoms with E-state index in [9.17, 15) is 13.2 Å². The van der Waals surface area contributed by atoms with E-state index in [4.69, 9.17) is 4.84 Å². The summed E-state index contributed by atoms with van der Waals surface area (Å²) in [5, 5.41) is 4.09. The van der Waals surface area contributed by atoms with Crippen LogP contribution in [0.1, 0.15) is 23.7 Å². The first-order chi connectivity index (χ1) is 12.3. The Hall–Kier alpha value is -2.74. The fourth-order valence-corrected chi connectivity index (χ4v) is 3.25. The number of nitrogens with zero attached hydrogens (tertiary/aromatic N) is 3. The topological polar surface area (TPSA) is 88.9 Å². The number of aryl methyl sites for hydroxylation is 1. The summed E-state index contributed by atoms with van der Waals surface area (Å²) in [5.41, 5.74) is 2.22. The second kappa shape index (κ2) is 6.87. The predicted octanol–water partition coefficient (Wildman–Crippen LogP) is 1.90. The van der Waals surface area contributed by atoms with Crippen molar-refractivity contribution in [2.24, 2.45) is 5.16 Å².